The summed E-state index contributed by atoms with van der Waals surface area (Å²) in [5, 5.41) is 3.02. The number of hydrogen-bond acceptors (Lipinski definition) is 5. The summed E-state index contributed by atoms with van der Waals surface area (Å²) < 4.78 is 0. The molecule has 0 aliphatic carbocycles. The van der Waals surface area contributed by atoms with E-state index in [1.54, 1.807) is 30.3 Å². The molecule has 7 heteroatoms. The first-order valence-corrected chi connectivity index (χ1v) is 7.56. The SMILES string of the molecule is CC(N)(C(=O)N(CC(N)=O)C(=O)[C@@H]1CCCN1)c1ccccc1. The van der Waals surface area contributed by atoms with Gasteiger partial charge in [0.2, 0.25) is 11.8 Å². The maximum absolute atomic E-state index is 12.8. The largest absolute Gasteiger partial charge is 0.368 e. The van der Waals surface area contributed by atoms with Gasteiger partial charge < -0.3 is 16.8 Å². The summed E-state index contributed by atoms with van der Waals surface area (Å²) in [6, 6.07) is 8.25. The number of nitrogens with zero attached hydrogens (tertiary/aromatic N) is 1. The van der Waals surface area contributed by atoms with Gasteiger partial charge in [0.15, 0.2) is 0 Å². The second-order valence-electron chi connectivity index (χ2n) is 5.91. The zero-order chi connectivity index (χ0) is 17.0. The van der Waals surface area contributed by atoms with Crippen LogP contribution in [0, 0.1) is 0 Å². The van der Waals surface area contributed by atoms with Crippen molar-refractivity contribution in [3.8, 4) is 0 Å². The van der Waals surface area contributed by atoms with Gasteiger partial charge >= 0.3 is 0 Å². The van der Waals surface area contributed by atoms with Gasteiger partial charge in [-0.3, -0.25) is 19.3 Å². The zero-order valence-corrected chi connectivity index (χ0v) is 13.1. The van der Waals surface area contributed by atoms with Gasteiger partial charge in [-0.2, -0.15) is 0 Å². The van der Waals surface area contributed by atoms with Crippen molar-refractivity contribution in [1.29, 1.82) is 0 Å². The molecule has 7 nitrogen and oxygen atoms in total. The maximum atomic E-state index is 12.8. The molecule has 3 amide bonds. The first kappa shape index (κ1) is 17.1. The lowest BCUT2D eigenvalue weighted by molar-refractivity contribution is -0.151. The second-order valence-corrected chi connectivity index (χ2v) is 5.91. The summed E-state index contributed by atoms with van der Waals surface area (Å²) in [7, 11) is 0. The molecule has 23 heavy (non-hydrogen) atoms. The van der Waals surface area contributed by atoms with Crippen molar-refractivity contribution in [2.24, 2.45) is 11.5 Å². The summed E-state index contributed by atoms with van der Waals surface area (Å²) in [6.45, 7) is 1.75. The van der Waals surface area contributed by atoms with Gasteiger partial charge in [0, 0.05) is 0 Å². The molecule has 1 fully saturated rings. The van der Waals surface area contributed by atoms with Crippen LogP contribution < -0.4 is 16.8 Å². The molecule has 2 atom stereocenters. The Bertz CT molecular complexity index is 595. The summed E-state index contributed by atoms with van der Waals surface area (Å²) in [4.78, 5) is 37.6. The first-order chi connectivity index (χ1) is 10.8. The number of amides is 3. The van der Waals surface area contributed by atoms with E-state index in [1.807, 2.05) is 0 Å². The smallest absolute Gasteiger partial charge is 0.254 e. The molecule has 0 spiro atoms. The highest BCUT2D eigenvalue weighted by molar-refractivity contribution is 6.04. The molecule has 1 aliphatic rings. The predicted octanol–water partition coefficient (Wildman–Crippen LogP) is -0.547. The molecule has 1 aliphatic heterocycles. The van der Waals surface area contributed by atoms with Crippen molar-refractivity contribution < 1.29 is 14.4 Å². The third-order valence-electron chi connectivity index (χ3n) is 4.00. The van der Waals surface area contributed by atoms with E-state index in [1.165, 1.54) is 6.92 Å². The van der Waals surface area contributed by atoms with Crippen LogP contribution in [-0.2, 0) is 19.9 Å². The normalized spacial score (nSPS) is 19.8. The van der Waals surface area contributed by atoms with Crippen LogP contribution in [0.15, 0.2) is 30.3 Å². The number of nitrogens with one attached hydrogen (secondary N) is 1. The van der Waals surface area contributed by atoms with Crippen LogP contribution in [0.5, 0.6) is 0 Å². The third-order valence-corrected chi connectivity index (χ3v) is 4.00. The van der Waals surface area contributed by atoms with E-state index < -0.39 is 35.8 Å². The monoisotopic (exact) mass is 318 g/mol. The van der Waals surface area contributed by atoms with Gasteiger partial charge in [-0.1, -0.05) is 30.3 Å². The lowest BCUT2D eigenvalue weighted by Crippen LogP contribution is -2.57. The van der Waals surface area contributed by atoms with E-state index in [0.29, 0.717) is 18.5 Å². The van der Waals surface area contributed by atoms with Crippen LogP contribution in [0.1, 0.15) is 25.3 Å². The summed E-state index contributed by atoms with van der Waals surface area (Å²) >= 11 is 0. The number of benzene rings is 1. The lowest BCUT2D eigenvalue weighted by Gasteiger charge is -2.31. The van der Waals surface area contributed by atoms with Crippen molar-refractivity contribution >= 4 is 17.7 Å². The van der Waals surface area contributed by atoms with Crippen LogP contribution in [0.2, 0.25) is 0 Å². The number of imide groups is 1. The average Bonchev–Trinajstić information content (AvgIpc) is 3.06. The van der Waals surface area contributed by atoms with Crippen molar-refractivity contribution in [2.75, 3.05) is 13.1 Å². The van der Waals surface area contributed by atoms with Gasteiger partial charge in [0.1, 0.15) is 12.1 Å². The number of carbonyl (C=O) groups excluding carboxylic acids is 3. The minimum atomic E-state index is -1.43. The van der Waals surface area contributed by atoms with E-state index in [0.717, 1.165) is 11.3 Å². The van der Waals surface area contributed by atoms with Gasteiger partial charge in [0.05, 0.1) is 6.04 Å². The van der Waals surface area contributed by atoms with Gasteiger partial charge in [-0.25, -0.2) is 0 Å². The van der Waals surface area contributed by atoms with Crippen LogP contribution in [0.4, 0.5) is 0 Å². The molecule has 0 saturated carbocycles. The van der Waals surface area contributed by atoms with Crippen LogP contribution in [0.25, 0.3) is 0 Å². The molecule has 1 aromatic rings. The van der Waals surface area contributed by atoms with Crippen LogP contribution in [-0.4, -0.2) is 41.8 Å². The number of nitrogens with two attached hydrogens (primary N) is 2. The van der Waals surface area contributed by atoms with E-state index in [-0.39, 0.29) is 0 Å². The average molecular weight is 318 g/mol. The molecular formula is C16H22N4O3. The van der Waals surface area contributed by atoms with Gasteiger partial charge in [-0.05, 0) is 31.9 Å². The Hall–Kier alpha value is -2.25. The minimum absolute atomic E-state index is 0.459. The molecule has 1 aromatic carbocycles. The highest BCUT2D eigenvalue weighted by atomic mass is 16.2. The molecule has 0 bridgehead atoms. The van der Waals surface area contributed by atoms with Gasteiger partial charge in [0.25, 0.3) is 5.91 Å². The zero-order valence-electron chi connectivity index (χ0n) is 13.1. The summed E-state index contributed by atoms with van der Waals surface area (Å²) in [6.07, 6.45) is 1.46. The summed E-state index contributed by atoms with van der Waals surface area (Å²) in [5.41, 5.74) is 10.5. The minimum Gasteiger partial charge on any atom is -0.368 e. The molecule has 2 rings (SSSR count). The molecule has 5 N–H and O–H groups in total. The number of primary amides is 1. The second kappa shape index (κ2) is 6.89. The number of hydrogen-bond donors (Lipinski definition) is 3. The van der Waals surface area contributed by atoms with E-state index in [9.17, 15) is 14.4 Å². The molecule has 1 saturated heterocycles. The van der Waals surface area contributed by atoms with Crippen molar-refractivity contribution in [3.63, 3.8) is 0 Å². The Morgan fingerprint density at radius 1 is 1.30 bits per heavy atom. The Kier molecular flexibility index (Phi) is 5.12. The van der Waals surface area contributed by atoms with Gasteiger partial charge in [-0.15, -0.1) is 0 Å². The van der Waals surface area contributed by atoms with E-state index >= 15 is 0 Å². The third kappa shape index (κ3) is 3.75. The molecule has 124 valence electrons. The fraction of sp³-hybridized carbons (Fsp3) is 0.438. The predicted molar refractivity (Wildman–Crippen MR) is 84.9 cm³/mol. The molecule has 1 unspecified atom stereocenters. The maximum Gasteiger partial charge on any atom is 0.254 e. The topological polar surface area (TPSA) is 119 Å². The fourth-order valence-corrected chi connectivity index (χ4v) is 2.68. The van der Waals surface area contributed by atoms with Crippen molar-refractivity contribution in [1.82, 2.24) is 10.2 Å². The van der Waals surface area contributed by atoms with Crippen LogP contribution in [0.3, 0.4) is 0 Å². The highest BCUT2D eigenvalue weighted by Gasteiger charge is 2.40. The van der Waals surface area contributed by atoms with E-state index in [4.69, 9.17) is 11.5 Å². The Morgan fingerprint density at radius 2 is 1.96 bits per heavy atom. The molecule has 0 aromatic heterocycles. The van der Waals surface area contributed by atoms with E-state index in [2.05, 4.69) is 5.32 Å². The molecule has 0 radical (unpaired) electrons. The quantitative estimate of drug-likeness (QED) is 0.673. The van der Waals surface area contributed by atoms with Crippen molar-refractivity contribution in [2.45, 2.75) is 31.3 Å². The number of rotatable bonds is 5. The van der Waals surface area contributed by atoms with Crippen molar-refractivity contribution in [3.05, 3.63) is 35.9 Å². The standard InChI is InChI=1S/C16H22N4O3/c1-16(18,11-6-3-2-4-7-11)15(23)20(10-13(17)21)14(22)12-8-5-9-19-12/h2-4,6-7,12,19H,5,8-10,18H2,1H3,(H2,17,21)/t12-,16?/m0/s1. The molecule has 1 heterocycles. The Labute approximate surface area is 135 Å². The fourth-order valence-electron chi connectivity index (χ4n) is 2.68. The highest BCUT2D eigenvalue weighted by Crippen LogP contribution is 2.21. The number of carbonyl (C=O) groups is 3. The Morgan fingerprint density at radius 3 is 2.48 bits per heavy atom. The summed E-state index contributed by atoms with van der Waals surface area (Å²) in [5.74, 6) is -1.85. The first-order valence-electron chi connectivity index (χ1n) is 7.56. The Balaban J connectivity index is 2.28. The van der Waals surface area contributed by atoms with Crippen LogP contribution >= 0.6 is 0 Å². The lowest BCUT2D eigenvalue weighted by atomic mass is 9.91. The molecular weight excluding hydrogens is 296 g/mol.